The zero-order chi connectivity index (χ0) is 14.5. The normalized spacial score (nSPS) is 22.2. The van der Waals surface area contributed by atoms with Gasteiger partial charge < -0.3 is 18.9 Å². The molecule has 22 heavy (non-hydrogen) atoms. The molecule has 0 aliphatic carbocycles. The Hall–Kier alpha value is -0.700. The van der Waals surface area contributed by atoms with Gasteiger partial charge in [0.15, 0.2) is 11.5 Å². The Labute approximate surface area is 144 Å². The summed E-state index contributed by atoms with van der Waals surface area (Å²) in [7, 11) is 0. The van der Waals surface area contributed by atoms with Gasteiger partial charge in [0, 0.05) is 9.79 Å². The highest BCUT2D eigenvalue weighted by molar-refractivity contribution is 8.32. The van der Waals surface area contributed by atoms with Gasteiger partial charge in [0.1, 0.15) is 26.4 Å². The average Bonchev–Trinajstić information content (AvgIpc) is 3.15. The lowest BCUT2D eigenvalue weighted by Crippen LogP contribution is -2.15. The van der Waals surface area contributed by atoms with Gasteiger partial charge in [-0.1, -0.05) is 23.5 Å². The largest absolute Gasteiger partial charge is 0.486 e. The summed E-state index contributed by atoms with van der Waals surface area (Å²) >= 11 is 6.89. The zero-order valence-electron chi connectivity index (χ0n) is 11.2. The number of hydrogen-bond donors (Lipinski definition) is 0. The van der Waals surface area contributed by atoms with E-state index in [2.05, 4.69) is 12.1 Å². The molecule has 4 aliphatic rings. The predicted octanol–water partition coefficient (Wildman–Crippen LogP) is 4.44. The molecule has 4 nitrogen and oxygen atoms in total. The van der Waals surface area contributed by atoms with E-state index in [-0.39, 0.29) is 0 Å². The maximum atomic E-state index is 5.66. The number of fused-ring (bicyclic) bond motifs is 2. The molecular weight excluding hydrogens is 360 g/mol. The maximum Gasteiger partial charge on any atom is 0.208 e. The van der Waals surface area contributed by atoms with Crippen molar-refractivity contribution in [2.75, 3.05) is 26.4 Å². The SMILES string of the molecule is c1c2c(cc3c1SC(=C1SC4=C(OCCO4)S1)S3)OCCO2. The van der Waals surface area contributed by atoms with Crippen molar-refractivity contribution >= 4 is 47.0 Å². The minimum absolute atomic E-state index is 0.620. The van der Waals surface area contributed by atoms with E-state index in [4.69, 9.17) is 18.9 Å². The predicted molar refractivity (Wildman–Crippen MR) is 90.3 cm³/mol. The first-order valence-corrected chi connectivity index (χ1v) is 10.0. The summed E-state index contributed by atoms with van der Waals surface area (Å²) in [6, 6.07) is 4.17. The molecule has 0 atom stereocenters. The van der Waals surface area contributed by atoms with E-state index in [1.165, 1.54) is 18.3 Å². The molecule has 0 saturated carbocycles. The molecule has 5 rings (SSSR count). The topological polar surface area (TPSA) is 36.9 Å². The van der Waals surface area contributed by atoms with Crippen LogP contribution in [-0.2, 0) is 9.47 Å². The lowest BCUT2D eigenvalue weighted by atomic mass is 10.3. The molecule has 4 heterocycles. The molecule has 114 valence electrons. The van der Waals surface area contributed by atoms with Crippen molar-refractivity contribution in [3.63, 3.8) is 0 Å². The first-order valence-electron chi connectivity index (χ1n) is 6.76. The second kappa shape index (κ2) is 5.43. The molecule has 0 saturated heterocycles. The molecule has 0 fully saturated rings. The highest BCUT2D eigenvalue weighted by atomic mass is 32.2. The lowest BCUT2D eigenvalue weighted by molar-refractivity contribution is 0.0949. The van der Waals surface area contributed by atoms with E-state index < -0.39 is 0 Å². The second-order valence-corrected chi connectivity index (χ2v) is 9.29. The van der Waals surface area contributed by atoms with Crippen LogP contribution >= 0.6 is 47.0 Å². The summed E-state index contributed by atoms with van der Waals surface area (Å²) in [5.74, 6) is 1.69. The molecule has 4 aliphatic heterocycles. The van der Waals surface area contributed by atoms with Crippen LogP contribution in [0.15, 0.2) is 40.6 Å². The van der Waals surface area contributed by atoms with Crippen LogP contribution in [0.2, 0.25) is 0 Å². The lowest BCUT2D eigenvalue weighted by Gasteiger charge is -2.18. The molecule has 0 aromatic heterocycles. The first-order chi connectivity index (χ1) is 10.9. The van der Waals surface area contributed by atoms with E-state index >= 15 is 0 Å². The number of rotatable bonds is 0. The quantitative estimate of drug-likeness (QED) is 0.664. The Morgan fingerprint density at radius 2 is 1.05 bits per heavy atom. The Kier molecular flexibility index (Phi) is 3.39. The molecule has 8 heteroatoms. The Morgan fingerprint density at radius 1 is 0.591 bits per heavy atom. The number of hydrogen-bond acceptors (Lipinski definition) is 8. The van der Waals surface area contributed by atoms with Crippen LogP contribution in [0.3, 0.4) is 0 Å². The van der Waals surface area contributed by atoms with Gasteiger partial charge in [-0.25, -0.2) is 0 Å². The van der Waals surface area contributed by atoms with Gasteiger partial charge >= 0.3 is 0 Å². The van der Waals surface area contributed by atoms with Crippen LogP contribution in [0.5, 0.6) is 11.5 Å². The Morgan fingerprint density at radius 3 is 1.59 bits per heavy atom. The van der Waals surface area contributed by atoms with Crippen LogP contribution < -0.4 is 9.47 Å². The Bertz CT molecular complexity index is 671. The van der Waals surface area contributed by atoms with Crippen molar-refractivity contribution in [2.24, 2.45) is 0 Å². The van der Waals surface area contributed by atoms with Gasteiger partial charge in [-0.3, -0.25) is 0 Å². The number of ether oxygens (including phenoxy) is 4. The van der Waals surface area contributed by atoms with Gasteiger partial charge in [0.25, 0.3) is 0 Å². The fourth-order valence-corrected chi connectivity index (χ4v) is 7.43. The van der Waals surface area contributed by atoms with Gasteiger partial charge in [-0.2, -0.15) is 0 Å². The molecule has 0 spiro atoms. The monoisotopic (exact) mass is 370 g/mol. The third kappa shape index (κ3) is 2.28. The van der Waals surface area contributed by atoms with Gasteiger partial charge in [-0.15, -0.1) is 0 Å². The van der Waals surface area contributed by atoms with E-state index in [9.17, 15) is 0 Å². The molecule has 0 unspecified atom stereocenters. The van der Waals surface area contributed by atoms with Crippen LogP contribution in [0.25, 0.3) is 0 Å². The van der Waals surface area contributed by atoms with E-state index in [1.807, 2.05) is 0 Å². The third-order valence-electron chi connectivity index (χ3n) is 3.27. The van der Waals surface area contributed by atoms with Crippen molar-refractivity contribution in [1.29, 1.82) is 0 Å². The minimum atomic E-state index is 0.620. The van der Waals surface area contributed by atoms with Crippen molar-refractivity contribution in [3.8, 4) is 11.5 Å². The maximum absolute atomic E-state index is 5.66. The standard InChI is InChI=1S/C14H10O4S4/c1-2-16-8-6-10-9(5-7(8)15-1)19-13(20-10)14-21-11-12(22-14)18-4-3-17-11/h5-6H,1-4H2. The molecular formula is C14H10O4S4. The highest BCUT2D eigenvalue weighted by Gasteiger charge is 2.33. The van der Waals surface area contributed by atoms with E-state index in [1.54, 1.807) is 47.0 Å². The summed E-state index contributed by atoms with van der Waals surface area (Å²) in [6.07, 6.45) is 0. The van der Waals surface area contributed by atoms with Gasteiger partial charge in [-0.05, 0) is 35.7 Å². The van der Waals surface area contributed by atoms with Crippen molar-refractivity contribution in [3.05, 3.63) is 30.8 Å². The molecule has 0 N–H and O–H groups in total. The zero-order valence-corrected chi connectivity index (χ0v) is 14.5. The summed E-state index contributed by atoms with van der Waals surface area (Å²) in [6.45, 7) is 2.51. The van der Waals surface area contributed by atoms with Crippen LogP contribution in [0.4, 0.5) is 0 Å². The van der Waals surface area contributed by atoms with Gasteiger partial charge in [0.2, 0.25) is 10.2 Å². The summed E-state index contributed by atoms with van der Waals surface area (Å²) in [5, 5.41) is 1.81. The smallest absolute Gasteiger partial charge is 0.208 e. The average molecular weight is 370 g/mol. The number of benzene rings is 1. The van der Waals surface area contributed by atoms with E-state index in [0.717, 1.165) is 21.7 Å². The second-order valence-electron chi connectivity index (χ2n) is 4.70. The minimum Gasteiger partial charge on any atom is -0.486 e. The summed E-state index contributed by atoms with van der Waals surface area (Å²) < 4.78 is 25.1. The van der Waals surface area contributed by atoms with Crippen LogP contribution in [0, 0.1) is 0 Å². The van der Waals surface area contributed by atoms with Crippen molar-refractivity contribution < 1.29 is 18.9 Å². The molecule has 1 aromatic carbocycles. The fraction of sp³-hybridized carbons (Fsp3) is 0.286. The van der Waals surface area contributed by atoms with Crippen molar-refractivity contribution in [1.82, 2.24) is 0 Å². The van der Waals surface area contributed by atoms with Crippen LogP contribution in [0.1, 0.15) is 0 Å². The Balaban J connectivity index is 1.44. The highest BCUT2D eigenvalue weighted by Crippen LogP contribution is 2.62. The van der Waals surface area contributed by atoms with Crippen LogP contribution in [-0.4, -0.2) is 26.4 Å². The summed E-state index contributed by atoms with van der Waals surface area (Å²) in [5.41, 5.74) is 0. The van der Waals surface area contributed by atoms with Gasteiger partial charge in [0.05, 0.1) is 8.47 Å². The molecule has 0 amide bonds. The molecule has 0 radical (unpaired) electrons. The first kappa shape index (κ1) is 13.7. The summed E-state index contributed by atoms with van der Waals surface area (Å²) in [4.78, 5) is 2.45. The molecule has 1 aromatic rings. The molecule has 0 bridgehead atoms. The number of thioether (sulfide) groups is 4. The third-order valence-corrected chi connectivity index (χ3v) is 8.69. The fourth-order valence-electron chi connectivity index (χ4n) is 2.32. The van der Waals surface area contributed by atoms with E-state index in [0.29, 0.717) is 26.4 Å². The van der Waals surface area contributed by atoms with Crippen molar-refractivity contribution in [2.45, 2.75) is 9.79 Å².